The summed E-state index contributed by atoms with van der Waals surface area (Å²) in [6, 6.07) is 125. The number of nitrogens with zero attached hydrogens (tertiary/aromatic N) is 4. The second-order valence-electron chi connectivity index (χ2n) is 23.6. The van der Waals surface area contributed by atoms with E-state index in [-0.39, 0.29) is 0 Å². The quantitative estimate of drug-likeness (QED) is 0.133. The van der Waals surface area contributed by atoms with Crippen molar-refractivity contribution in [2.75, 3.05) is 4.90 Å². The summed E-state index contributed by atoms with van der Waals surface area (Å²) in [5.41, 5.74) is 23.3. The van der Waals surface area contributed by atoms with Crippen molar-refractivity contribution >= 4 is 104 Å². The van der Waals surface area contributed by atoms with Crippen molar-refractivity contribution in [1.29, 1.82) is 0 Å². The lowest BCUT2D eigenvalue weighted by molar-refractivity contribution is 1.18. The van der Waals surface area contributed by atoms with Crippen molar-refractivity contribution in [2.45, 2.75) is 0 Å². The minimum atomic E-state index is 1.07. The molecule has 4 heteroatoms. The lowest BCUT2D eigenvalue weighted by Crippen LogP contribution is -2.11. The van der Waals surface area contributed by atoms with E-state index in [1.165, 1.54) is 110 Å². The summed E-state index contributed by atoms with van der Waals surface area (Å²) in [4.78, 5) is 2.49. The molecule has 3 aromatic heterocycles. The van der Waals surface area contributed by atoms with E-state index in [0.29, 0.717) is 0 Å². The average Bonchev–Trinajstić information content (AvgIpc) is 1.50. The van der Waals surface area contributed by atoms with Gasteiger partial charge in [0.1, 0.15) is 0 Å². The van der Waals surface area contributed by atoms with Crippen LogP contribution in [0, 0.1) is 0 Å². The van der Waals surface area contributed by atoms with E-state index in [0.717, 1.165) is 56.0 Å². The molecule has 90 heavy (non-hydrogen) atoms. The Hall–Kier alpha value is -12.0. The highest BCUT2D eigenvalue weighted by atomic mass is 15.1. The molecule has 15 aromatic carbocycles. The molecule has 4 nitrogen and oxygen atoms in total. The normalized spacial score (nSPS) is 11.8. The van der Waals surface area contributed by atoms with Crippen LogP contribution in [0.2, 0.25) is 0 Å². The standard InChI is InChI=1S/C86H56N4/c1-4-20-63(21-5-1)87-81-35-19-16-32-75(81)78-54-61(44-51-84(78)87)67-49-52-82(71-28-12-10-26-69(67)71)88(83-53-50-68(70-27-11-13-29-72(70)83)62-43-48-77-74-31-15-18-34-80(74)90(86(77)56-62)65-24-8-3-9-25-65)66-45-40-58(41-46-66)57-36-38-59(39-37-57)60-42-47-76-73-30-14-17-33-79(73)89(85(76)55-60)64-22-6-2-7-23-64/h1-56H. The van der Waals surface area contributed by atoms with E-state index in [9.17, 15) is 0 Å². The van der Waals surface area contributed by atoms with Crippen LogP contribution in [0.15, 0.2) is 340 Å². The Bertz CT molecular complexity index is 5820. The maximum absolute atomic E-state index is 2.49. The van der Waals surface area contributed by atoms with Crippen molar-refractivity contribution in [1.82, 2.24) is 13.7 Å². The van der Waals surface area contributed by atoms with E-state index < -0.39 is 0 Å². The van der Waals surface area contributed by atoms with Crippen LogP contribution in [0.25, 0.3) is 149 Å². The molecule has 0 aliphatic rings. The van der Waals surface area contributed by atoms with E-state index in [4.69, 9.17) is 0 Å². The van der Waals surface area contributed by atoms with Gasteiger partial charge in [0.2, 0.25) is 0 Å². The Labute approximate surface area is 520 Å². The molecule has 0 fully saturated rings. The van der Waals surface area contributed by atoms with Gasteiger partial charge in [0.15, 0.2) is 0 Å². The minimum Gasteiger partial charge on any atom is -0.309 e. The number of para-hydroxylation sites is 6. The Balaban J connectivity index is 0.771. The number of fused-ring (bicyclic) bond motifs is 11. The zero-order valence-corrected chi connectivity index (χ0v) is 49.1. The third-order valence-corrected chi connectivity index (χ3v) is 18.6. The number of aromatic nitrogens is 3. The first-order valence-electron chi connectivity index (χ1n) is 31.0. The molecule has 0 bridgehead atoms. The molecule has 0 unspecified atom stereocenters. The molecule has 0 atom stereocenters. The fraction of sp³-hybridized carbons (Fsp3) is 0. The Morgan fingerprint density at radius 3 is 0.967 bits per heavy atom. The molecule has 0 radical (unpaired) electrons. The van der Waals surface area contributed by atoms with Crippen molar-refractivity contribution < 1.29 is 0 Å². The number of anilines is 3. The largest absolute Gasteiger partial charge is 0.309 e. The van der Waals surface area contributed by atoms with Gasteiger partial charge in [-0.25, -0.2) is 0 Å². The van der Waals surface area contributed by atoms with Crippen molar-refractivity contribution in [3.8, 4) is 61.6 Å². The van der Waals surface area contributed by atoms with Gasteiger partial charge < -0.3 is 18.6 Å². The second-order valence-corrected chi connectivity index (χ2v) is 23.6. The molecule has 18 rings (SSSR count). The van der Waals surface area contributed by atoms with Crippen LogP contribution in [0.4, 0.5) is 17.1 Å². The van der Waals surface area contributed by atoms with Crippen molar-refractivity contribution in [3.63, 3.8) is 0 Å². The number of rotatable bonds is 10. The molecule has 420 valence electrons. The molecule has 0 aliphatic carbocycles. The third kappa shape index (κ3) is 8.23. The first kappa shape index (κ1) is 51.3. The van der Waals surface area contributed by atoms with E-state index >= 15 is 0 Å². The van der Waals surface area contributed by atoms with E-state index in [2.05, 4.69) is 358 Å². The summed E-state index contributed by atoms with van der Waals surface area (Å²) in [5, 5.41) is 12.1. The molecule has 0 saturated heterocycles. The molecular formula is C86H56N4. The summed E-state index contributed by atoms with van der Waals surface area (Å²) in [6.07, 6.45) is 0. The molecule has 3 heterocycles. The summed E-state index contributed by atoms with van der Waals surface area (Å²) in [7, 11) is 0. The zero-order chi connectivity index (χ0) is 59.2. The predicted octanol–water partition coefficient (Wildman–Crippen LogP) is 23.4. The van der Waals surface area contributed by atoms with Crippen molar-refractivity contribution in [3.05, 3.63) is 340 Å². The highest BCUT2D eigenvalue weighted by Gasteiger charge is 2.23. The summed E-state index contributed by atoms with van der Waals surface area (Å²) >= 11 is 0. The van der Waals surface area contributed by atoms with Crippen LogP contribution in [0.5, 0.6) is 0 Å². The molecule has 0 aliphatic heterocycles. The van der Waals surface area contributed by atoms with Gasteiger partial charge in [-0.05, 0) is 158 Å². The topological polar surface area (TPSA) is 18.0 Å². The number of hydrogen-bond donors (Lipinski definition) is 0. The molecular weight excluding hydrogens is 1090 g/mol. The van der Waals surface area contributed by atoms with Gasteiger partial charge in [-0.2, -0.15) is 0 Å². The fourth-order valence-corrected chi connectivity index (χ4v) is 14.5. The van der Waals surface area contributed by atoms with Gasteiger partial charge in [0, 0.05) is 65.8 Å². The SMILES string of the molecule is c1ccc(-n2c3ccccc3c3cc(-c4ccc(N(c5ccc(-c6ccc(-c7ccc8c9ccccc9n(-c9ccccc9)c8c7)cc6)cc5)c5ccc(-c6ccc7c8ccccc8n(-c8ccccc8)c7c6)c6ccccc56)c5ccccc45)ccc32)cc1. The monoisotopic (exact) mass is 1140 g/mol. The van der Waals surface area contributed by atoms with Gasteiger partial charge in [0.05, 0.1) is 44.5 Å². The number of hydrogen-bond acceptors (Lipinski definition) is 1. The average molecular weight is 1150 g/mol. The van der Waals surface area contributed by atoms with Crippen LogP contribution >= 0.6 is 0 Å². The first-order chi connectivity index (χ1) is 44.7. The summed E-state index contributed by atoms with van der Waals surface area (Å²) in [5.74, 6) is 0. The number of benzene rings is 15. The molecule has 0 spiro atoms. The third-order valence-electron chi connectivity index (χ3n) is 18.6. The molecule has 18 aromatic rings. The van der Waals surface area contributed by atoms with Crippen molar-refractivity contribution in [2.24, 2.45) is 0 Å². The smallest absolute Gasteiger partial charge is 0.0547 e. The minimum absolute atomic E-state index is 1.07. The Morgan fingerprint density at radius 1 is 0.178 bits per heavy atom. The van der Waals surface area contributed by atoms with Crippen LogP contribution in [-0.4, -0.2) is 13.7 Å². The van der Waals surface area contributed by atoms with Crippen LogP contribution in [0.1, 0.15) is 0 Å². The Morgan fingerprint density at radius 2 is 0.489 bits per heavy atom. The van der Waals surface area contributed by atoms with Gasteiger partial charge in [-0.3, -0.25) is 0 Å². The highest BCUT2D eigenvalue weighted by molar-refractivity contribution is 6.16. The van der Waals surface area contributed by atoms with Crippen LogP contribution < -0.4 is 4.90 Å². The lowest BCUT2D eigenvalue weighted by Gasteiger charge is -2.29. The first-order valence-corrected chi connectivity index (χ1v) is 31.0. The molecule has 0 N–H and O–H groups in total. The maximum Gasteiger partial charge on any atom is 0.0547 e. The van der Waals surface area contributed by atoms with Gasteiger partial charge in [-0.1, -0.05) is 237 Å². The van der Waals surface area contributed by atoms with Crippen LogP contribution in [-0.2, 0) is 0 Å². The lowest BCUT2D eigenvalue weighted by atomic mass is 9.93. The highest BCUT2D eigenvalue weighted by Crippen LogP contribution is 2.48. The summed E-state index contributed by atoms with van der Waals surface area (Å²) in [6.45, 7) is 0. The Kier molecular flexibility index (Phi) is 11.9. The summed E-state index contributed by atoms with van der Waals surface area (Å²) < 4.78 is 7.19. The zero-order valence-electron chi connectivity index (χ0n) is 49.1. The predicted molar refractivity (Wildman–Crippen MR) is 381 cm³/mol. The maximum atomic E-state index is 2.49. The van der Waals surface area contributed by atoms with Gasteiger partial charge >= 0.3 is 0 Å². The van der Waals surface area contributed by atoms with Gasteiger partial charge in [-0.15, -0.1) is 0 Å². The molecule has 0 amide bonds. The van der Waals surface area contributed by atoms with Gasteiger partial charge in [0.25, 0.3) is 0 Å². The van der Waals surface area contributed by atoms with E-state index in [1.807, 2.05) is 0 Å². The van der Waals surface area contributed by atoms with E-state index in [1.54, 1.807) is 0 Å². The fourth-order valence-electron chi connectivity index (χ4n) is 14.5. The van der Waals surface area contributed by atoms with Crippen LogP contribution in [0.3, 0.4) is 0 Å². The molecule has 0 saturated carbocycles. The second kappa shape index (κ2) is 20.9.